The van der Waals surface area contributed by atoms with Crippen LogP contribution in [0, 0.1) is 0 Å². The number of aliphatic carboxylic acids is 1. The first-order chi connectivity index (χ1) is 12.0. The molecule has 0 saturated heterocycles. The maximum atomic E-state index is 11.7. The Hall–Kier alpha value is -1.52. The van der Waals surface area contributed by atoms with Gasteiger partial charge in [0.25, 0.3) is 10.1 Å². The molecule has 0 radical (unpaired) electrons. The van der Waals surface area contributed by atoms with Crippen molar-refractivity contribution in [2.75, 3.05) is 46.2 Å². The number of carboxylic acids is 1. The molecule has 142 valence electrons. The highest BCUT2D eigenvalue weighted by molar-refractivity contribution is 7.85. The zero-order valence-electron chi connectivity index (χ0n) is 14.0. The van der Waals surface area contributed by atoms with Crippen molar-refractivity contribution in [1.29, 1.82) is 0 Å². The van der Waals surface area contributed by atoms with E-state index in [1.807, 2.05) is 6.07 Å². The lowest BCUT2D eigenvalue weighted by atomic mass is 10.2. The van der Waals surface area contributed by atoms with Crippen molar-refractivity contribution in [3.8, 4) is 0 Å². The molecule has 1 aromatic carbocycles. The number of benzene rings is 1. The van der Waals surface area contributed by atoms with Gasteiger partial charge in [0, 0.05) is 0 Å². The van der Waals surface area contributed by atoms with E-state index in [-0.39, 0.29) is 32.0 Å². The Morgan fingerprint density at radius 3 is 1.92 bits per heavy atom. The highest BCUT2D eigenvalue weighted by Crippen LogP contribution is 2.06. The van der Waals surface area contributed by atoms with Gasteiger partial charge >= 0.3 is 5.97 Å². The first-order valence-corrected chi connectivity index (χ1v) is 9.43. The van der Waals surface area contributed by atoms with Crippen LogP contribution in [0.25, 0.3) is 0 Å². The molecule has 1 rings (SSSR count). The summed E-state index contributed by atoms with van der Waals surface area (Å²) < 4.78 is 43.8. The smallest absolute Gasteiger partial charge is 0.305 e. The van der Waals surface area contributed by atoms with Gasteiger partial charge in [0.15, 0.2) is 0 Å². The first kappa shape index (κ1) is 21.5. The first-order valence-electron chi connectivity index (χ1n) is 7.85. The summed E-state index contributed by atoms with van der Waals surface area (Å²) >= 11 is 0. The predicted molar refractivity (Wildman–Crippen MR) is 89.7 cm³/mol. The minimum Gasteiger partial charge on any atom is -0.481 e. The van der Waals surface area contributed by atoms with Crippen LogP contribution in [0.3, 0.4) is 0 Å². The van der Waals surface area contributed by atoms with Crippen LogP contribution in [0.4, 0.5) is 0 Å². The molecule has 0 aliphatic carbocycles. The summed E-state index contributed by atoms with van der Waals surface area (Å²) in [5, 5.41) is 8.41. The Bertz CT molecular complexity index is 573. The third-order valence-electron chi connectivity index (χ3n) is 2.88. The van der Waals surface area contributed by atoms with Gasteiger partial charge in [-0.15, -0.1) is 0 Å². The molecule has 0 aliphatic heterocycles. The van der Waals surface area contributed by atoms with Gasteiger partial charge in [-0.25, -0.2) is 0 Å². The van der Waals surface area contributed by atoms with Crippen LogP contribution in [0.1, 0.15) is 12.0 Å². The van der Waals surface area contributed by atoms with Gasteiger partial charge in [-0.1, -0.05) is 30.3 Å². The van der Waals surface area contributed by atoms with E-state index in [4.69, 9.17) is 23.5 Å². The fourth-order valence-corrected chi connectivity index (χ4v) is 2.75. The molecular formula is C16H24O8S. The number of ether oxygens (including phenoxy) is 3. The number of hydrogen-bond acceptors (Lipinski definition) is 7. The summed E-state index contributed by atoms with van der Waals surface area (Å²) in [4.78, 5) is 10.2. The fraction of sp³-hybridized carbons (Fsp3) is 0.562. The number of hydrogen-bond donors (Lipinski definition) is 1. The zero-order valence-corrected chi connectivity index (χ0v) is 14.8. The maximum Gasteiger partial charge on any atom is 0.305 e. The third-order valence-corrected chi connectivity index (χ3v) is 4.09. The zero-order chi connectivity index (χ0) is 18.4. The second-order valence-corrected chi connectivity index (χ2v) is 6.63. The molecular weight excluding hydrogens is 352 g/mol. The highest BCUT2D eigenvalue weighted by atomic mass is 32.2. The van der Waals surface area contributed by atoms with Crippen LogP contribution in [0.15, 0.2) is 30.3 Å². The summed E-state index contributed by atoms with van der Waals surface area (Å²) in [5.41, 5.74) is 0.669. The molecule has 0 aromatic heterocycles. The van der Waals surface area contributed by atoms with Crippen LogP contribution in [-0.4, -0.2) is 65.7 Å². The normalized spacial score (nSPS) is 11.5. The standard InChI is InChI=1S/C16H24O8S/c17-16(18)6-7-21-8-9-22-10-11-23-12-13-24-25(19,20)14-15-4-2-1-3-5-15/h1-5H,6-14H2,(H,17,18). The topological polar surface area (TPSA) is 108 Å². The molecule has 25 heavy (non-hydrogen) atoms. The second kappa shape index (κ2) is 12.8. The van der Waals surface area contributed by atoms with Gasteiger partial charge < -0.3 is 19.3 Å². The monoisotopic (exact) mass is 376 g/mol. The van der Waals surface area contributed by atoms with E-state index in [1.165, 1.54) is 0 Å². The lowest BCUT2D eigenvalue weighted by molar-refractivity contribution is -0.138. The van der Waals surface area contributed by atoms with E-state index in [1.54, 1.807) is 24.3 Å². The Balaban J connectivity index is 1.93. The molecule has 0 unspecified atom stereocenters. The van der Waals surface area contributed by atoms with Crippen molar-refractivity contribution in [2.45, 2.75) is 12.2 Å². The van der Waals surface area contributed by atoms with Crippen LogP contribution in [0.5, 0.6) is 0 Å². The quantitative estimate of drug-likeness (QED) is 0.357. The van der Waals surface area contributed by atoms with Gasteiger partial charge in [-0.05, 0) is 5.56 Å². The van der Waals surface area contributed by atoms with Crippen molar-refractivity contribution in [3.63, 3.8) is 0 Å². The molecule has 8 nitrogen and oxygen atoms in total. The summed E-state index contributed by atoms with van der Waals surface area (Å²) in [5.74, 6) is -1.07. The molecule has 0 saturated carbocycles. The van der Waals surface area contributed by atoms with Gasteiger partial charge in [0.05, 0.1) is 52.7 Å². The van der Waals surface area contributed by atoms with Crippen molar-refractivity contribution in [2.24, 2.45) is 0 Å². The Labute approximate surface area is 147 Å². The lowest BCUT2D eigenvalue weighted by Gasteiger charge is -2.07. The van der Waals surface area contributed by atoms with E-state index in [0.29, 0.717) is 32.0 Å². The molecule has 9 heteroatoms. The summed E-state index contributed by atoms with van der Waals surface area (Å²) in [7, 11) is -3.62. The van der Waals surface area contributed by atoms with E-state index >= 15 is 0 Å². The van der Waals surface area contributed by atoms with E-state index in [2.05, 4.69) is 0 Å². The SMILES string of the molecule is O=C(O)CCOCCOCCOCCOS(=O)(=O)Cc1ccccc1. The molecule has 0 heterocycles. The van der Waals surface area contributed by atoms with Gasteiger partial charge in [0.2, 0.25) is 0 Å². The van der Waals surface area contributed by atoms with Crippen molar-refractivity contribution < 1.29 is 36.7 Å². The fourth-order valence-electron chi connectivity index (χ4n) is 1.74. The molecule has 0 bridgehead atoms. The van der Waals surface area contributed by atoms with E-state index in [0.717, 1.165) is 0 Å². The largest absolute Gasteiger partial charge is 0.481 e. The van der Waals surface area contributed by atoms with Gasteiger partial charge in [-0.3, -0.25) is 8.98 Å². The van der Waals surface area contributed by atoms with E-state index < -0.39 is 16.1 Å². The average Bonchev–Trinajstić information content (AvgIpc) is 2.56. The molecule has 0 fully saturated rings. The van der Waals surface area contributed by atoms with Gasteiger partial charge in [-0.2, -0.15) is 8.42 Å². The minimum atomic E-state index is -3.62. The number of rotatable bonds is 15. The van der Waals surface area contributed by atoms with Crippen LogP contribution in [0.2, 0.25) is 0 Å². The minimum absolute atomic E-state index is 0.0315. The van der Waals surface area contributed by atoms with Crippen molar-refractivity contribution >= 4 is 16.1 Å². The second-order valence-electron chi connectivity index (χ2n) is 4.99. The van der Waals surface area contributed by atoms with E-state index in [9.17, 15) is 13.2 Å². The van der Waals surface area contributed by atoms with Gasteiger partial charge in [0.1, 0.15) is 5.75 Å². The Kier molecular flexibility index (Phi) is 11.0. The van der Waals surface area contributed by atoms with Crippen LogP contribution < -0.4 is 0 Å². The Morgan fingerprint density at radius 1 is 0.840 bits per heavy atom. The maximum absolute atomic E-state index is 11.7. The number of carboxylic acid groups (broad SMARTS) is 1. The van der Waals surface area contributed by atoms with Crippen LogP contribution in [-0.2, 0) is 39.1 Å². The summed E-state index contributed by atoms with van der Waals surface area (Å²) in [6, 6.07) is 8.80. The molecule has 0 aliphatic rings. The highest BCUT2D eigenvalue weighted by Gasteiger charge is 2.11. The third kappa shape index (κ3) is 12.5. The molecule has 1 aromatic rings. The Morgan fingerprint density at radius 2 is 1.36 bits per heavy atom. The van der Waals surface area contributed by atoms with Crippen LogP contribution >= 0.6 is 0 Å². The lowest BCUT2D eigenvalue weighted by Crippen LogP contribution is -2.15. The summed E-state index contributed by atoms with van der Waals surface area (Å²) in [6.45, 7) is 1.54. The predicted octanol–water partition coefficient (Wildman–Crippen LogP) is 1.06. The molecule has 1 N–H and O–H groups in total. The average molecular weight is 376 g/mol. The molecule has 0 amide bonds. The molecule has 0 atom stereocenters. The van der Waals surface area contributed by atoms with Crippen molar-refractivity contribution in [3.05, 3.63) is 35.9 Å². The molecule has 0 spiro atoms. The van der Waals surface area contributed by atoms with Crippen molar-refractivity contribution in [1.82, 2.24) is 0 Å². The summed E-state index contributed by atoms with van der Waals surface area (Å²) in [6.07, 6.45) is -0.0315. The number of carbonyl (C=O) groups is 1.